The Hall–Kier alpha value is -2.67. The number of hydrogen-bond acceptors (Lipinski definition) is 4. The molecule has 7 heteroatoms. The summed E-state index contributed by atoms with van der Waals surface area (Å²) in [5.74, 6) is -0.207. The topological polar surface area (TPSA) is 72.3 Å². The highest BCUT2D eigenvalue weighted by molar-refractivity contribution is 7.90. The zero-order valence-electron chi connectivity index (χ0n) is 14.9. The van der Waals surface area contributed by atoms with Crippen LogP contribution in [0.15, 0.2) is 59.8 Å². The summed E-state index contributed by atoms with van der Waals surface area (Å²) in [4.78, 5) is 18.8. The number of hydrogen-bond donors (Lipinski definition) is 0. The highest BCUT2D eigenvalue weighted by Gasteiger charge is 2.27. The Morgan fingerprint density at radius 2 is 1.63 bits per heavy atom. The summed E-state index contributed by atoms with van der Waals surface area (Å²) in [5.41, 5.74) is 1.94. The van der Waals surface area contributed by atoms with E-state index in [0.717, 1.165) is 25.9 Å². The van der Waals surface area contributed by atoms with Gasteiger partial charge in [-0.3, -0.25) is 4.79 Å². The van der Waals surface area contributed by atoms with Gasteiger partial charge in [0.1, 0.15) is 6.54 Å². The van der Waals surface area contributed by atoms with Crippen molar-refractivity contribution >= 4 is 26.8 Å². The molecule has 1 amide bonds. The van der Waals surface area contributed by atoms with Gasteiger partial charge in [-0.05, 0) is 30.5 Å². The number of para-hydroxylation sites is 2. The predicted octanol–water partition coefficient (Wildman–Crippen LogP) is 2.63. The molecular weight excluding hydrogens is 362 g/mol. The van der Waals surface area contributed by atoms with Gasteiger partial charge in [0.15, 0.2) is 0 Å². The normalized spacial score (nSPS) is 14.7. The standard InChI is InChI=1S/C20H21N3O3S/c24-19(22-12-6-7-13-22)14-23-18-11-5-4-10-17(18)21-20(23)27(25,26)15-16-8-2-1-3-9-16/h1-5,8-11H,6-7,12-15H2. The van der Waals surface area contributed by atoms with Gasteiger partial charge in [0, 0.05) is 13.1 Å². The lowest BCUT2D eigenvalue weighted by molar-refractivity contribution is -0.130. The maximum absolute atomic E-state index is 13.1. The molecule has 2 heterocycles. The summed E-state index contributed by atoms with van der Waals surface area (Å²) >= 11 is 0. The van der Waals surface area contributed by atoms with Crippen LogP contribution in [-0.4, -0.2) is 41.9 Å². The quantitative estimate of drug-likeness (QED) is 0.679. The van der Waals surface area contributed by atoms with Crippen LogP contribution in [0, 0.1) is 0 Å². The molecule has 3 aromatic rings. The molecule has 0 N–H and O–H groups in total. The molecule has 0 unspecified atom stereocenters. The molecule has 0 saturated carbocycles. The van der Waals surface area contributed by atoms with Crippen LogP contribution >= 0.6 is 0 Å². The minimum absolute atomic E-state index is 0.0101. The molecule has 0 aliphatic carbocycles. The van der Waals surface area contributed by atoms with Crippen molar-refractivity contribution in [3.8, 4) is 0 Å². The first kappa shape index (κ1) is 17.7. The lowest BCUT2D eigenvalue weighted by atomic mass is 10.2. The molecule has 1 aliphatic heterocycles. The number of carbonyl (C=O) groups excluding carboxylic acids is 1. The lowest BCUT2D eigenvalue weighted by Gasteiger charge is -2.17. The van der Waals surface area contributed by atoms with E-state index in [0.29, 0.717) is 16.6 Å². The molecule has 0 radical (unpaired) electrons. The van der Waals surface area contributed by atoms with E-state index >= 15 is 0 Å². The van der Waals surface area contributed by atoms with Crippen LogP contribution in [0.2, 0.25) is 0 Å². The zero-order chi connectivity index (χ0) is 18.9. The first-order valence-corrected chi connectivity index (χ1v) is 10.7. The summed E-state index contributed by atoms with van der Waals surface area (Å²) in [6.45, 7) is 1.46. The highest BCUT2D eigenvalue weighted by atomic mass is 32.2. The number of benzene rings is 2. The van der Waals surface area contributed by atoms with Crippen LogP contribution in [0.5, 0.6) is 0 Å². The number of aromatic nitrogens is 2. The fourth-order valence-electron chi connectivity index (χ4n) is 3.50. The van der Waals surface area contributed by atoms with Gasteiger partial charge in [-0.15, -0.1) is 0 Å². The number of carbonyl (C=O) groups is 1. The van der Waals surface area contributed by atoms with E-state index in [2.05, 4.69) is 4.98 Å². The van der Waals surface area contributed by atoms with Crippen molar-refractivity contribution < 1.29 is 13.2 Å². The molecule has 1 aromatic heterocycles. The van der Waals surface area contributed by atoms with E-state index < -0.39 is 9.84 Å². The minimum atomic E-state index is -3.69. The molecule has 1 saturated heterocycles. The second-order valence-corrected chi connectivity index (χ2v) is 8.69. The molecule has 2 aromatic carbocycles. The Morgan fingerprint density at radius 3 is 2.37 bits per heavy atom. The third kappa shape index (κ3) is 3.60. The fourth-order valence-corrected chi connectivity index (χ4v) is 5.00. The van der Waals surface area contributed by atoms with Crippen molar-refractivity contribution in [1.82, 2.24) is 14.5 Å². The summed E-state index contributed by atoms with van der Waals surface area (Å²) in [6, 6.07) is 16.2. The van der Waals surface area contributed by atoms with Crippen LogP contribution in [0.4, 0.5) is 0 Å². The van der Waals surface area contributed by atoms with Crippen molar-refractivity contribution in [2.45, 2.75) is 30.3 Å². The van der Waals surface area contributed by atoms with Crippen LogP contribution in [0.1, 0.15) is 18.4 Å². The van der Waals surface area contributed by atoms with E-state index in [-0.39, 0.29) is 23.4 Å². The van der Waals surface area contributed by atoms with Crippen molar-refractivity contribution in [3.63, 3.8) is 0 Å². The van der Waals surface area contributed by atoms with E-state index in [1.807, 2.05) is 30.3 Å². The van der Waals surface area contributed by atoms with Crippen molar-refractivity contribution in [2.75, 3.05) is 13.1 Å². The van der Waals surface area contributed by atoms with Crippen molar-refractivity contribution in [3.05, 3.63) is 60.2 Å². The summed E-state index contributed by atoms with van der Waals surface area (Å²) in [5, 5.41) is -0.0416. The number of fused-ring (bicyclic) bond motifs is 1. The number of sulfone groups is 1. The number of nitrogens with zero attached hydrogens (tertiary/aromatic N) is 3. The SMILES string of the molecule is O=C(Cn1c(S(=O)(=O)Cc2ccccc2)nc2ccccc21)N1CCCC1. The van der Waals surface area contributed by atoms with Gasteiger partial charge in [0.25, 0.3) is 0 Å². The second kappa shape index (κ2) is 7.15. The van der Waals surface area contributed by atoms with E-state index in [1.165, 1.54) is 0 Å². The first-order chi connectivity index (χ1) is 13.0. The van der Waals surface area contributed by atoms with Gasteiger partial charge in [-0.25, -0.2) is 13.4 Å². The fraction of sp³-hybridized carbons (Fsp3) is 0.300. The van der Waals surface area contributed by atoms with E-state index in [4.69, 9.17) is 0 Å². The Morgan fingerprint density at radius 1 is 0.963 bits per heavy atom. The average Bonchev–Trinajstić information content (AvgIpc) is 3.31. The van der Waals surface area contributed by atoms with Gasteiger partial charge in [0.2, 0.25) is 20.9 Å². The van der Waals surface area contributed by atoms with Crippen LogP contribution in [-0.2, 0) is 26.9 Å². The van der Waals surface area contributed by atoms with Crippen molar-refractivity contribution in [1.29, 1.82) is 0 Å². The molecule has 1 aliphatic rings. The molecule has 140 valence electrons. The van der Waals surface area contributed by atoms with Crippen LogP contribution < -0.4 is 0 Å². The molecule has 6 nitrogen and oxygen atoms in total. The van der Waals surface area contributed by atoms with Gasteiger partial charge >= 0.3 is 0 Å². The molecule has 4 rings (SSSR count). The van der Waals surface area contributed by atoms with E-state index in [9.17, 15) is 13.2 Å². The molecule has 27 heavy (non-hydrogen) atoms. The molecule has 0 bridgehead atoms. The second-order valence-electron chi connectivity index (χ2n) is 6.80. The Bertz CT molecular complexity index is 1070. The summed E-state index contributed by atoms with van der Waals surface area (Å²) in [6.07, 6.45) is 1.99. The minimum Gasteiger partial charge on any atom is -0.341 e. The predicted molar refractivity (Wildman–Crippen MR) is 103 cm³/mol. The van der Waals surface area contributed by atoms with Gasteiger partial charge in [-0.2, -0.15) is 0 Å². The Labute approximate surface area is 158 Å². The van der Waals surface area contributed by atoms with E-state index in [1.54, 1.807) is 33.7 Å². The first-order valence-electron chi connectivity index (χ1n) is 9.04. The number of imidazole rings is 1. The number of likely N-dealkylation sites (tertiary alicyclic amines) is 1. The number of amides is 1. The third-order valence-corrected chi connectivity index (χ3v) is 6.43. The maximum atomic E-state index is 13.1. The Balaban J connectivity index is 1.74. The van der Waals surface area contributed by atoms with Gasteiger partial charge < -0.3 is 9.47 Å². The highest BCUT2D eigenvalue weighted by Crippen LogP contribution is 2.23. The average molecular weight is 383 g/mol. The Kier molecular flexibility index (Phi) is 4.70. The molecular formula is C20H21N3O3S. The summed E-state index contributed by atoms with van der Waals surface area (Å²) < 4.78 is 27.7. The van der Waals surface area contributed by atoms with Gasteiger partial charge in [-0.1, -0.05) is 42.5 Å². The number of rotatable bonds is 5. The zero-order valence-corrected chi connectivity index (χ0v) is 15.7. The largest absolute Gasteiger partial charge is 0.341 e. The van der Waals surface area contributed by atoms with Crippen LogP contribution in [0.3, 0.4) is 0 Å². The monoisotopic (exact) mass is 383 g/mol. The van der Waals surface area contributed by atoms with Gasteiger partial charge in [0.05, 0.1) is 16.8 Å². The maximum Gasteiger partial charge on any atom is 0.242 e. The van der Waals surface area contributed by atoms with Crippen molar-refractivity contribution in [2.24, 2.45) is 0 Å². The molecule has 1 fully saturated rings. The third-order valence-electron chi connectivity index (χ3n) is 4.85. The van der Waals surface area contributed by atoms with Crippen LogP contribution in [0.25, 0.3) is 11.0 Å². The smallest absolute Gasteiger partial charge is 0.242 e. The lowest BCUT2D eigenvalue weighted by Crippen LogP contribution is -2.32. The molecule has 0 spiro atoms. The summed E-state index contributed by atoms with van der Waals surface area (Å²) in [7, 11) is -3.69. The molecule has 0 atom stereocenters.